The highest BCUT2D eigenvalue weighted by atomic mass is 19.1. The number of halogens is 1. The van der Waals surface area contributed by atoms with E-state index in [-0.39, 0.29) is 24.8 Å². The molecule has 132 valence electrons. The molecular formula is C18H19FN2O4. The van der Waals surface area contributed by atoms with Crippen LogP contribution < -0.4 is 5.32 Å². The first kappa shape index (κ1) is 17.1. The molecule has 1 heterocycles. The number of hydrogen-bond donors (Lipinski definition) is 2. The minimum atomic E-state index is -0.870. The molecule has 25 heavy (non-hydrogen) atoms. The summed E-state index contributed by atoms with van der Waals surface area (Å²) >= 11 is 0. The van der Waals surface area contributed by atoms with E-state index >= 15 is 0 Å². The average molecular weight is 346 g/mol. The number of carbonyl (C=O) groups is 2. The van der Waals surface area contributed by atoms with E-state index in [0.717, 1.165) is 6.42 Å². The summed E-state index contributed by atoms with van der Waals surface area (Å²) in [5, 5.41) is 11.9. The highest BCUT2D eigenvalue weighted by Crippen LogP contribution is 2.26. The molecule has 0 radical (unpaired) electrons. The minimum absolute atomic E-state index is 0.139. The molecule has 2 N–H and O–H groups in total. The Kier molecular flexibility index (Phi) is 5.11. The Morgan fingerprint density at radius 2 is 2.12 bits per heavy atom. The van der Waals surface area contributed by atoms with Crippen LogP contribution in [-0.2, 0) is 16.0 Å². The molecule has 1 aromatic carbocycles. The van der Waals surface area contributed by atoms with Crippen LogP contribution in [0, 0.1) is 11.7 Å². The van der Waals surface area contributed by atoms with Gasteiger partial charge < -0.3 is 14.8 Å². The monoisotopic (exact) mass is 346 g/mol. The Hall–Kier alpha value is -2.70. The number of aryl methyl sites for hydroxylation is 1. The third kappa shape index (κ3) is 4.04. The van der Waals surface area contributed by atoms with E-state index in [1.807, 2.05) is 0 Å². The summed E-state index contributed by atoms with van der Waals surface area (Å²) < 4.78 is 19.2. The van der Waals surface area contributed by atoms with Crippen LogP contribution in [0.3, 0.4) is 0 Å². The number of carboxylic acids is 1. The van der Waals surface area contributed by atoms with Crippen molar-refractivity contribution < 1.29 is 23.5 Å². The topological polar surface area (TPSA) is 92.4 Å². The van der Waals surface area contributed by atoms with Crippen molar-refractivity contribution in [1.82, 2.24) is 10.3 Å². The maximum Gasteiger partial charge on any atom is 0.308 e. The fourth-order valence-corrected chi connectivity index (χ4v) is 3.14. The van der Waals surface area contributed by atoms with Gasteiger partial charge in [0, 0.05) is 18.9 Å². The number of aliphatic carboxylic acids is 1. The van der Waals surface area contributed by atoms with E-state index in [4.69, 9.17) is 9.52 Å². The van der Waals surface area contributed by atoms with E-state index in [1.165, 1.54) is 12.3 Å². The number of benzene rings is 1. The molecule has 0 saturated heterocycles. The summed E-state index contributed by atoms with van der Waals surface area (Å²) in [5.74, 6) is -1.36. The number of nitrogens with one attached hydrogen (secondary N) is 1. The van der Waals surface area contributed by atoms with Crippen LogP contribution in [0.25, 0.3) is 11.3 Å². The maximum atomic E-state index is 13.7. The minimum Gasteiger partial charge on any atom is -0.481 e. The Labute approximate surface area is 144 Å². The number of hydrogen-bond acceptors (Lipinski definition) is 4. The van der Waals surface area contributed by atoms with Crippen molar-refractivity contribution in [3.05, 3.63) is 42.2 Å². The van der Waals surface area contributed by atoms with Gasteiger partial charge in [-0.3, -0.25) is 9.59 Å². The summed E-state index contributed by atoms with van der Waals surface area (Å²) in [6.07, 6.45) is 3.91. The summed E-state index contributed by atoms with van der Waals surface area (Å²) in [5.41, 5.74) is 0.320. The molecule has 1 fully saturated rings. The van der Waals surface area contributed by atoms with Crippen molar-refractivity contribution in [2.75, 3.05) is 0 Å². The van der Waals surface area contributed by atoms with Crippen molar-refractivity contribution in [3.63, 3.8) is 0 Å². The lowest BCUT2D eigenvalue weighted by Crippen LogP contribution is -2.40. The number of nitrogens with zero attached hydrogens (tertiary/aromatic N) is 1. The number of oxazole rings is 1. The second kappa shape index (κ2) is 7.46. The second-order valence-electron chi connectivity index (χ2n) is 6.15. The normalized spacial score (nSPS) is 19.7. The third-order valence-electron chi connectivity index (χ3n) is 4.44. The standard InChI is InChI=1S/C18H19FN2O4/c19-13-6-2-1-4-11(13)15-10-20-17(25-15)9-8-16(22)21-14-7-3-5-12(14)18(23)24/h1-2,4,6,10,12,14H,3,5,7-9H2,(H,21,22)(H,23,24)/t12-,14+/m1/s1. The van der Waals surface area contributed by atoms with Gasteiger partial charge >= 0.3 is 5.97 Å². The molecule has 2 atom stereocenters. The lowest BCUT2D eigenvalue weighted by molar-refractivity contribution is -0.142. The molecule has 1 aliphatic carbocycles. The number of amides is 1. The van der Waals surface area contributed by atoms with Crippen LogP contribution in [0.4, 0.5) is 4.39 Å². The third-order valence-corrected chi connectivity index (χ3v) is 4.44. The molecule has 1 amide bonds. The van der Waals surface area contributed by atoms with Gasteiger partial charge in [-0.25, -0.2) is 9.37 Å². The zero-order valence-corrected chi connectivity index (χ0v) is 13.6. The second-order valence-corrected chi connectivity index (χ2v) is 6.15. The van der Waals surface area contributed by atoms with Crippen LogP contribution in [-0.4, -0.2) is 28.0 Å². The molecule has 1 aromatic heterocycles. The lowest BCUT2D eigenvalue weighted by Gasteiger charge is -2.17. The van der Waals surface area contributed by atoms with E-state index < -0.39 is 17.7 Å². The van der Waals surface area contributed by atoms with Crippen LogP contribution in [0.1, 0.15) is 31.6 Å². The molecule has 2 aromatic rings. The Morgan fingerprint density at radius 1 is 1.32 bits per heavy atom. The van der Waals surface area contributed by atoms with E-state index in [0.29, 0.717) is 30.1 Å². The van der Waals surface area contributed by atoms with Crippen LogP contribution in [0.15, 0.2) is 34.9 Å². The molecule has 1 saturated carbocycles. The van der Waals surface area contributed by atoms with Crippen molar-refractivity contribution in [2.45, 2.75) is 38.1 Å². The Bertz CT molecular complexity index is 774. The van der Waals surface area contributed by atoms with E-state index in [2.05, 4.69) is 10.3 Å². The van der Waals surface area contributed by atoms with E-state index in [9.17, 15) is 14.0 Å². The SMILES string of the molecule is O=C(CCc1ncc(-c2ccccc2F)o1)N[C@H]1CCC[C@H]1C(=O)O. The zero-order chi connectivity index (χ0) is 17.8. The number of carboxylic acid groups (broad SMARTS) is 1. The zero-order valence-electron chi connectivity index (χ0n) is 13.6. The molecule has 7 heteroatoms. The van der Waals surface area contributed by atoms with Crippen LogP contribution in [0.5, 0.6) is 0 Å². The van der Waals surface area contributed by atoms with Gasteiger partial charge in [-0.05, 0) is 25.0 Å². The molecule has 0 unspecified atom stereocenters. The summed E-state index contributed by atoms with van der Waals surface area (Å²) in [6.45, 7) is 0. The highest BCUT2D eigenvalue weighted by molar-refractivity contribution is 5.78. The molecule has 0 spiro atoms. The highest BCUT2D eigenvalue weighted by Gasteiger charge is 2.33. The average Bonchev–Trinajstić information content (AvgIpc) is 3.22. The van der Waals surface area contributed by atoms with Crippen molar-refractivity contribution in [2.24, 2.45) is 5.92 Å². The van der Waals surface area contributed by atoms with Crippen molar-refractivity contribution in [1.29, 1.82) is 0 Å². The Morgan fingerprint density at radius 3 is 2.88 bits per heavy atom. The quantitative estimate of drug-likeness (QED) is 0.839. The van der Waals surface area contributed by atoms with Gasteiger partial charge in [0.15, 0.2) is 11.7 Å². The Balaban J connectivity index is 1.55. The van der Waals surface area contributed by atoms with Crippen LogP contribution >= 0.6 is 0 Å². The number of carbonyl (C=O) groups excluding carboxylic acids is 1. The fraction of sp³-hybridized carbons (Fsp3) is 0.389. The predicted octanol–water partition coefficient (Wildman–Crippen LogP) is 2.78. The number of aromatic nitrogens is 1. The summed E-state index contributed by atoms with van der Waals surface area (Å²) in [7, 11) is 0. The van der Waals surface area contributed by atoms with Gasteiger partial charge in [0.25, 0.3) is 0 Å². The first-order chi connectivity index (χ1) is 12.0. The van der Waals surface area contributed by atoms with Gasteiger partial charge in [-0.15, -0.1) is 0 Å². The first-order valence-corrected chi connectivity index (χ1v) is 8.26. The molecule has 1 aliphatic rings. The van der Waals surface area contributed by atoms with Gasteiger partial charge in [0.1, 0.15) is 5.82 Å². The van der Waals surface area contributed by atoms with Crippen molar-refractivity contribution in [3.8, 4) is 11.3 Å². The molecule has 6 nitrogen and oxygen atoms in total. The smallest absolute Gasteiger partial charge is 0.308 e. The summed E-state index contributed by atoms with van der Waals surface area (Å²) in [4.78, 5) is 27.2. The van der Waals surface area contributed by atoms with Gasteiger partial charge in [0.2, 0.25) is 5.91 Å². The molecule has 0 aliphatic heterocycles. The molecule has 0 bridgehead atoms. The largest absolute Gasteiger partial charge is 0.481 e. The van der Waals surface area contributed by atoms with Gasteiger partial charge in [-0.1, -0.05) is 18.6 Å². The van der Waals surface area contributed by atoms with Crippen molar-refractivity contribution >= 4 is 11.9 Å². The predicted molar refractivity (Wildman–Crippen MR) is 87.1 cm³/mol. The maximum absolute atomic E-state index is 13.7. The number of rotatable bonds is 6. The molecule has 3 rings (SSSR count). The lowest BCUT2D eigenvalue weighted by atomic mass is 10.0. The summed E-state index contributed by atoms with van der Waals surface area (Å²) in [6, 6.07) is 5.91. The van der Waals surface area contributed by atoms with E-state index in [1.54, 1.807) is 18.2 Å². The van der Waals surface area contributed by atoms with Gasteiger partial charge in [-0.2, -0.15) is 0 Å². The first-order valence-electron chi connectivity index (χ1n) is 8.26. The molecular weight excluding hydrogens is 327 g/mol. The van der Waals surface area contributed by atoms with Gasteiger partial charge in [0.05, 0.1) is 17.7 Å². The fourth-order valence-electron chi connectivity index (χ4n) is 3.14. The van der Waals surface area contributed by atoms with Crippen LogP contribution in [0.2, 0.25) is 0 Å².